The fourth-order valence-electron chi connectivity index (χ4n) is 2.86. The lowest BCUT2D eigenvalue weighted by molar-refractivity contribution is -0.0505. The number of likely N-dealkylation sites (tertiary alicyclic amines) is 1. The van der Waals surface area contributed by atoms with E-state index >= 15 is 0 Å². The molecule has 25 heavy (non-hydrogen) atoms. The Kier molecular flexibility index (Phi) is 7.33. The maximum Gasteiger partial charge on any atom is 0.387 e. The van der Waals surface area contributed by atoms with Crippen LogP contribution < -0.4 is 19.9 Å². The Labute approximate surface area is 162 Å². The van der Waals surface area contributed by atoms with Crippen LogP contribution >= 0.6 is 24.0 Å². The molecule has 2 N–H and O–H groups in total. The summed E-state index contributed by atoms with van der Waals surface area (Å²) in [6.07, 6.45) is 4.55. The van der Waals surface area contributed by atoms with Crippen molar-refractivity contribution in [3.05, 3.63) is 17.7 Å². The smallest absolute Gasteiger partial charge is 0.387 e. The van der Waals surface area contributed by atoms with E-state index < -0.39 is 6.61 Å². The number of hydrogen-bond acceptors (Lipinski definition) is 4. The highest BCUT2D eigenvalue weighted by Gasteiger charge is 2.20. The summed E-state index contributed by atoms with van der Waals surface area (Å²) in [6.45, 7) is -0.975. The van der Waals surface area contributed by atoms with Crippen molar-refractivity contribution in [3.8, 4) is 17.2 Å². The van der Waals surface area contributed by atoms with Crippen molar-refractivity contribution >= 4 is 29.9 Å². The molecule has 6 nitrogen and oxygen atoms in total. The van der Waals surface area contributed by atoms with Crippen LogP contribution in [0.3, 0.4) is 0 Å². The van der Waals surface area contributed by atoms with Gasteiger partial charge in [0.05, 0.1) is 6.54 Å². The molecule has 140 valence electrons. The van der Waals surface area contributed by atoms with Crippen LogP contribution in [0, 0.1) is 0 Å². The van der Waals surface area contributed by atoms with Crippen LogP contribution in [-0.4, -0.2) is 37.4 Å². The Morgan fingerprint density at radius 3 is 2.44 bits per heavy atom. The van der Waals surface area contributed by atoms with Gasteiger partial charge in [0.25, 0.3) is 0 Å². The maximum atomic E-state index is 12.6. The molecule has 0 saturated carbocycles. The summed E-state index contributed by atoms with van der Waals surface area (Å²) in [4.78, 5) is 6.39. The van der Waals surface area contributed by atoms with Crippen LogP contribution in [0.5, 0.6) is 17.2 Å². The quantitative estimate of drug-likeness (QED) is 0.417. The summed E-state index contributed by atoms with van der Waals surface area (Å²) < 4.78 is 40.3. The van der Waals surface area contributed by atoms with Gasteiger partial charge in [-0.05, 0) is 18.9 Å². The lowest BCUT2D eigenvalue weighted by Crippen LogP contribution is -2.38. The standard InChI is InChI=1S/C16H21F2N3O3.HI/c17-15(18)24-12-8-14-13(22-10-23-14)7-11(12)9-20-16(19)21-5-3-1-2-4-6-21;/h7-8,15H,1-6,9-10H2,(H2,19,20);1H. The van der Waals surface area contributed by atoms with Gasteiger partial charge in [0, 0.05) is 24.7 Å². The zero-order valence-electron chi connectivity index (χ0n) is 13.7. The minimum atomic E-state index is -2.92. The topological polar surface area (TPSA) is 69.3 Å². The van der Waals surface area contributed by atoms with Gasteiger partial charge in [-0.2, -0.15) is 8.78 Å². The van der Waals surface area contributed by atoms with Crippen molar-refractivity contribution in [2.75, 3.05) is 19.9 Å². The molecule has 2 aliphatic rings. The van der Waals surface area contributed by atoms with E-state index in [0.29, 0.717) is 23.0 Å². The van der Waals surface area contributed by atoms with E-state index in [1.54, 1.807) is 6.07 Å². The fourth-order valence-corrected chi connectivity index (χ4v) is 2.86. The number of fused-ring (bicyclic) bond motifs is 1. The zero-order chi connectivity index (χ0) is 16.9. The first-order chi connectivity index (χ1) is 11.6. The number of benzene rings is 1. The second-order valence-corrected chi connectivity index (χ2v) is 5.77. The molecule has 1 aromatic carbocycles. The van der Waals surface area contributed by atoms with Crippen LogP contribution in [0.25, 0.3) is 0 Å². The highest BCUT2D eigenvalue weighted by molar-refractivity contribution is 14.0. The number of aliphatic imine (C=N–C) groups is 1. The molecule has 3 rings (SSSR count). The van der Waals surface area contributed by atoms with Crippen LogP contribution in [0.2, 0.25) is 0 Å². The number of halogens is 3. The zero-order valence-corrected chi connectivity index (χ0v) is 16.1. The third-order valence-corrected chi connectivity index (χ3v) is 4.11. The number of nitrogens with two attached hydrogens (primary N) is 1. The highest BCUT2D eigenvalue weighted by Crippen LogP contribution is 2.39. The molecule has 0 aromatic heterocycles. The SMILES string of the molecule is I.NC(=NCc1cc2c(cc1OC(F)F)OCO2)N1CCCCCC1. The number of ether oxygens (including phenoxy) is 3. The first-order valence-corrected chi connectivity index (χ1v) is 8.05. The van der Waals surface area contributed by atoms with Crippen molar-refractivity contribution < 1.29 is 23.0 Å². The summed E-state index contributed by atoms with van der Waals surface area (Å²) in [7, 11) is 0. The molecular formula is C16H22F2IN3O3. The van der Waals surface area contributed by atoms with Crippen LogP contribution in [0.1, 0.15) is 31.2 Å². The van der Waals surface area contributed by atoms with Gasteiger partial charge < -0.3 is 24.8 Å². The number of rotatable bonds is 4. The Morgan fingerprint density at radius 1 is 1.16 bits per heavy atom. The molecule has 0 unspecified atom stereocenters. The Morgan fingerprint density at radius 2 is 1.80 bits per heavy atom. The molecule has 2 heterocycles. The number of guanidine groups is 1. The summed E-state index contributed by atoms with van der Waals surface area (Å²) >= 11 is 0. The molecule has 1 fully saturated rings. The Balaban J connectivity index is 0.00000225. The average Bonchev–Trinajstić information content (AvgIpc) is 2.82. The van der Waals surface area contributed by atoms with Gasteiger partial charge in [-0.25, -0.2) is 4.99 Å². The monoisotopic (exact) mass is 469 g/mol. The molecule has 0 aliphatic carbocycles. The van der Waals surface area contributed by atoms with Crippen LogP contribution in [0.4, 0.5) is 8.78 Å². The lowest BCUT2D eigenvalue weighted by Gasteiger charge is -2.21. The van der Waals surface area contributed by atoms with Crippen molar-refractivity contribution in [3.63, 3.8) is 0 Å². The Hall–Kier alpha value is -1.52. The normalized spacial score (nSPS) is 17.2. The van der Waals surface area contributed by atoms with Crippen LogP contribution in [0.15, 0.2) is 17.1 Å². The number of nitrogens with zero attached hydrogens (tertiary/aromatic N) is 2. The summed E-state index contributed by atoms with van der Waals surface area (Å²) in [6, 6.07) is 3.01. The maximum absolute atomic E-state index is 12.6. The molecule has 0 bridgehead atoms. The van der Waals surface area contributed by atoms with Gasteiger partial charge in [0.15, 0.2) is 17.5 Å². The fraction of sp³-hybridized carbons (Fsp3) is 0.562. The Bertz CT molecular complexity index is 609. The van der Waals surface area contributed by atoms with E-state index in [-0.39, 0.29) is 43.1 Å². The molecule has 0 atom stereocenters. The molecule has 1 saturated heterocycles. The molecular weight excluding hydrogens is 447 g/mol. The van der Waals surface area contributed by atoms with E-state index in [1.807, 2.05) is 4.90 Å². The van der Waals surface area contributed by atoms with E-state index in [0.717, 1.165) is 25.9 Å². The molecule has 1 aromatic rings. The largest absolute Gasteiger partial charge is 0.454 e. The van der Waals surface area contributed by atoms with Gasteiger partial charge in [-0.3, -0.25) is 0 Å². The van der Waals surface area contributed by atoms with E-state index in [9.17, 15) is 8.78 Å². The molecule has 0 spiro atoms. The lowest BCUT2D eigenvalue weighted by atomic mass is 10.1. The van der Waals surface area contributed by atoms with Crippen LogP contribution in [-0.2, 0) is 6.54 Å². The van der Waals surface area contributed by atoms with Crippen molar-refractivity contribution in [1.29, 1.82) is 0 Å². The van der Waals surface area contributed by atoms with Crippen molar-refractivity contribution in [1.82, 2.24) is 4.90 Å². The number of alkyl halides is 2. The van der Waals surface area contributed by atoms with E-state index in [1.165, 1.54) is 18.9 Å². The first-order valence-electron chi connectivity index (χ1n) is 8.05. The van der Waals surface area contributed by atoms with Gasteiger partial charge in [0.2, 0.25) is 6.79 Å². The van der Waals surface area contributed by atoms with E-state index in [4.69, 9.17) is 15.2 Å². The molecule has 2 aliphatic heterocycles. The van der Waals surface area contributed by atoms with Gasteiger partial charge in [-0.1, -0.05) is 12.8 Å². The molecule has 9 heteroatoms. The number of hydrogen-bond donors (Lipinski definition) is 1. The van der Waals surface area contributed by atoms with Crippen molar-refractivity contribution in [2.24, 2.45) is 10.7 Å². The average molecular weight is 469 g/mol. The second-order valence-electron chi connectivity index (χ2n) is 5.77. The third-order valence-electron chi connectivity index (χ3n) is 4.11. The summed E-state index contributed by atoms with van der Waals surface area (Å²) in [5.74, 6) is 1.34. The van der Waals surface area contributed by atoms with Gasteiger partial charge in [-0.15, -0.1) is 24.0 Å². The molecule has 0 amide bonds. The van der Waals surface area contributed by atoms with Gasteiger partial charge in [0.1, 0.15) is 5.75 Å². The predicted molar refractivity (Wildman–Crippen MR) is 100.0 cm³/mol. The van der Waals surface area contributed by atoms with Gasteiger partial charge >= 0.3 is 6.61 Å². The van der Waals surface area contributed by atoms with Crippen molar-refractivity contribution in [2.45, 2.75) is 38.8 Å². The summed E-state index contributed by atoms with van der Waals surface area (Å²) in [5.41, 5.74) is 6.54. The predicted octanol–water partition coefficient (Wildman–Crippen LogP) is 3.33. The minimum absolute atomic E-state index is 0. The molecule has 0 radical (unpaired) electrons. The minimum Gasteiger partial charge on any atom is -0.454 e. The highest BCUT2D eigenvalue weighted by atomic mass is 127. The third kappa shape index (κ3) is 5.23. The van der Waals surface area contributed by atoms with E-state index in [2.05, 4.69) is 9.73 Å². The first kappa shape index (κ1) is 19.8. The second kappa shape index (κ2) is 9.25. The summed E-state index contributed by atoms with van der Waals surface area (Å²) in [5, 5.41) is 0.